The van der Waals surface area contributed by atoms with Crippen LogP contribution in [0.4, 0.5) is 0 Å². The summed E-state index contributed by atoms with van der Waals surface area (Å²) >= 11 is 6.12. The summed E-state index contributed by atoms with van der Waals surface area (Å²) in [6, 6.07) is 6.85. The Morgan fingerprint density at radius 2 is 1.91 bits per heavy atom. The van der Waals surface area contributed by atoms with Crippen molar-refractivity contribution in [2.75, 3.05) is 13.7 Å². The normalized spacial score (nSPS) is 10.4. The first kappa shape index (κ1) is 16.0. The van der Waals surface area contributed by atoms with Gasteiger partial charge in [0.2, 0.25) is 0 Å². The van der Waals surface area contributed by atoms with Crippen LogP contribution in [0.3, 0.4) is 0 Å². The third-order valence-electron chi connectivity index (χ3n) is 3.20. The summed E-state index contributed by atoms with van der Waals surface area (Å²) in [6.45, 7) is 3.55. The van der Waals surface area contributed by atoms with Crippen LogP contribution in [0.2, 0.25) is 5.02 Å². The largest absolute Gasteiger partial charge is 0.468 e. The van der Waals surface area contributed by atoms with Crippen molar-refractivity contribution in [2.24, 2.45) is 0 Å². The topological polar surface area (TPSA) is 73.2 Å². The number of esters is 1. The number of carbonyl (C=O) groups is 2. The summed E-state index contributed by atoms with van der Waals surface area (Å²) < 4.78 is 6.18. The fourth-order valence-corrected chi connectivity index (χ4v) is 2.07. The van der Waals surface area contributed by atoms with Gasteiger partial charge in [0.1, 0.15) is 6.54 Å². The van der Waals surface area contributed by atoms with E-state index < -0.39 is 5.97 Å². The molecule has 1 aromatic heterocycles. The number of carbonyl (C=O) groups excluding carboxylic acids is 2. The molecule has 0 aliphatic carbocycles. The molecule has 1 amide bonds. The highest BCUT2D eigenvalue weighted by Crippen LogP contribution is 2.22. The van der Waals surface area contributed by atoms with Gasteiger partial charge in [0, 0.05) is 5.56 Å². The molecule has 1 heterocycles. The van der Waals surface area contributed by atoms with Gasteiger partial charge >= 0.3 is 5.97 Å². The summed E-state index contributed by atoms with van der Waals surface area (Å²) in [5, 5.41) is 7.45. The number of hydrogen-bond donors (Lipinski definition) is 1. The first-order valence-electron chi connectivity index (χ1n) is 6.61. The van der Waals surface area contributed by atoms with Crippen LogP contribution in [0.25, 0.3) is 5.69 Å². The summed E-state index contributed by atoms with van der Waals surface area (Å²) in [4.78, 5) is 22.9. The Morgan fingerprint density at radius 3 is 2.41 bits per heavy atom. The molecule has 0 unspecified atom stereocenters. The zero-order valence-electron chi connectivity index (χ0n) is 12.5. The maximum atomic E-state index is 11.9. The molecule has 0 spiro atoms. The molecule has 6 nitrogen and oxygen atoms in total. The summed E-state index contributed by atoms with van der Waals surface area (Å²) in [6.07, 6.45) is 0. The predicted octanol–water partition coefficient (Wildman–Crippen LogP) is 2.05. The van der Waals surface area contributed by atoms with Gasteiger partial charge in [-0.2, -0.15) is 5.10 Å². The number of aromatic nitrogens is 2. The molecule has 2 aromatic rings. The van der Waals surface area contributed by atoms with Crippen LogP contribution in [-0.2, 0) is 9.53 Å². The van der Waals surface area contributed by atoms with E-state index in [1.54, 1.807) is 28.9 Å². The molecule has 7 heteroatoms. The third kappa shape index (κ3) is 3.28. The lowest BCUT2D eigenvalue weighted by Crippen LogP contribution is -2.30. The van der Waals surface area contributed by atoms with Gasteiger partial charge in [-0.05, 0) is 38.1 Å². The average Bonchev–Trinajstić information content (AvgIpc) is 2.80. The van der Waals surface area contributed by atoms with Crippen molar-refractivity contribution in [1.82, 2.24) is 15.1 Å². The maximum Gasteiger partial charge on any atom is 0.325 e. The number of nitrogens with one attached hydrogen (secondary N) is 1. The van der Waals surface area contributed by atoms with Crippen molar-refractivity contribution in [1.29, 1.82) is 0 Å². The van der Waals surface area contributed by atoms with Crippen molar-refractivity contribution in [3.8, 4) is 5.69 Å². The zero-order valence-corrected chi connectivity index (χ0v) is 13.3. The fourth-order valence-electron chi connectivity index (χ4n) is 1.96. The molecule has 116 valence electrons. The van der Waals surface area contributed by atoms with Crippen LogP contribution in [-0.4, -0.2) is 35.3 Å². The van der Waals surface area contributed by atoms with Crippen molar-refractivity contribution in [3.63, 3.8) is 0 Å². The van der Waals surface area contributed by atoms with E-state index in [-0.39, 0.29) is 12.5 Å². The van der Waals surface area contributed by atoms with Gasteiger partial charge in [0.15, 0.2) is 0 Å². The molecule has 0 saturated heterocycles. The van der Waals surface area contributed by atoms with E-state index in [9.17, 15) is 9.59 Å². The second kappa shape index (κ2) is 6.62. The van der Waals surface area contributed by atoms with Crippen LogP contribution >= 0.6 is 11.6 Å². The molecule has 0 fully saturated rings. The Balaban J connectivity index is 2.15. The van der Waals surface area contributed by atoms with E-state index in [1.165, 1.54) is 7.11 Å². The van der Waals surface area contributed by atoms with E-state index in [1.807, 2.05) is 13.8 Å². The highest BCUT2D eigenvalue weighted by Gasteiger charge is 2.12. The molecule has 22 heavy (non-hydrogen) atoms. The van der Waals surface area contributed by atoms with Crippen molar-refractivity contribution in [3.05, 3.63) is 46.2 Å². The number of rotatable bonds is 4. The first-order chi connectivity index (χ1) is 10.4. The molecule has 2 rings (SSSR count). The van der Waals surface area contributed by atoms with E-state index in [0.29, 0.717) is 10.6 Å². The van der Waals surface area contributed by atoms with Crippen LogP contribution < -0.4 is 5.32 Å². The number of benzene rings is 1. The number of ether oxygens (including phenoxy) is 1. The Labute approximate surface area is 133 Å². The first-order valence-corrected chi connectivity index (χ1v) is 6.99. The minimum absolute atomic E-state index is 0.163. The predicted molar refractivity (Wildman–Crippen MR) is 82.4 cm³/mol. The number of aryl methyl sites for hydroxylation is 1. The number of nitrogens with zero attached hydrogens (tertiary/aromatic N) is 2. The second-order valence-corrected chi connectivity index (χ2v) is 5.08. The van der Waals surface area contributed by atoms with Gasteiger partial charge in [-0.3, -0.25) is 9.59 Å². The van der Waals surface area contributed by atoms with Gasteiger partial charge in [0.05, 0.1) is 29.2 Å². The van der Waals surface area contributed by atoms with E-state index in [2.05, 4.69) is 15.2 Å². The molecule has 0 aliphatic heterocycles. The molecule has 0 aliphatic rings. The third-order valence-corrected chi connectivity index (χ3v) is 3.75. The fraction of sp³-hybridized carbons (Fsp3) is 0.267. The van der Waals surface area contributed by atoms with Crippen molar-refractivity contribution < 1.29 is 14.3 Å². The summed E-state index contributed by atoms with van der Waals surface area (Å²) in [7, 11) is 1.27. The van der Waals surface area contributed by atoms with Crippen LogP contribution in [0, 0.1) is 13.8 Å². The highest BCUT2D eigenvalue weighted by atomic mass is 35.5. The Hall–Kier alpha value is -2.34. The Bertz CT molecular complexity index is 708. The van der Waals surface area contributed by atoms with Gasteiger partial charge in [-0.15, -0.1) is 0 Å². The summed E-state index contributed by atoms with van der Waals surface area (Å²) in [5.74, 6) is -0.842. The van der Waals surface area contributed by atoms with Crippen molar-refractivity contribution in [2.45, 2.75) is 13.8 Å². The number of hydrogen-bond acceptors (Lipinski definition) is 4. The monoisotopic (exact) mass is 321 g/mol. The second-order valence-electron chi connectivity index (χ2n) is 4.70. The summed E-state index contributed by atoms with van der Waals surface area (Å²) in [5.41, 5.74) is 2.83. The lowest BCUT2D eigenvalue weighted by Gasteiger charge is -2.07. The quantitative estimate of drug-likeness (QED) is 0.875. The zero-order chi connectivity index (χ0) is 16.3. The van der Waals surface area contributed by atoms with E-state index >= 15 is 0 Å². The highest BCUT2D eigenvalue weighted by molar-refractivity contribution is 6.31. The number of amides is 1. The van der Waals surface area contributed by atoms with E-state index in [4.69, 9.17) is 11.6 Å². The lowest BCUT2D eigenvalue weighted by atomic mass is 10.2. The van der Waals surface area contributed by atoms with Gasteiger partial charge in [-0.1, -0.05) is 11.6 Å². The van der Waals surface area contributed by atoms with Crippen LogP contribution in [0.15, 0.2) is 24.3 Å². The van der Waals surface area contributed by atoms with Crippen LogP contribution in [0.1, 0.15) is 21.7 Å². The minimum atomic E-state index is -0.498. The smallest absolute Gasteiger partial charge is 0.325 e. The Morgan fingerprint density at radius 1 is 1.27 bits per heavy atom. The molecule has 0 saturated carbocycles. The van der Waals surface area contributed by atoms with Gasteiger partial charge in [0.25, 0.3) is 5.91 Å². The molecule has 0 atom stereocenters. The number of halogens is 1. The van der Waals surface area contributed by atoms with E-state index in [0.717, 1.165) is 17.1 Å². The molecular weight excluding hydrogens is 306 g/mol. The van der Waals surface area contributed by atoms with Gasteiger partial charge in [-0.25, -0.2) is 4.68 Å². The maximum absolute atomic E-state index is 11.9. The standard InChI is InChI=1S/C15H16ClN3O3/c1-9-14(16)10(2)19(18-9)12-6-4-11(5-7-12)15(21)17-8-13(20)22-3/h4-7H,8H2,1-3H3,(H,17,21). The molecule has 0 bridgehead atoms. The Kier molecular flexibility index (Phi) is 4.82. The van der Waals surface area contributed by atoms with Crippen molar-refractivity contribution >= 4 is 23.5 Å². The minimum Gasteiger partial charge on any atom is -0.468 e. The molecule has 1 aromatic carbocycles. The molecular formula is C15H16ClN3O3. The lowest BCUT2D eigenvalue weighted by molar-refractivity contribution is -0.139. The average molecular weight is 322 g/mol. The number of methoxy groups -OCH3 is 1. The SMILES string of the molecule is COC(=O)CNC(=O)c1ccc(-n2nc(C)c(Cl)c2C)cc1. The van der Waals surface area contributed by atoms with Gasteiger partial charge < -0.3 is 10.1 Å². The molecule has 1 N–H and O–H groups in total. The van der Waals surface area contributed by atoms with Crippen LogP contribution in [0.5, 0.6) is 0 Å². The molecule has 0 radical (unpaired) electrons.